The van der Waals surface area contributed by atoms with Crippen molar-refractivity contribution in [2.45, 2.75) is 11.3 Å². The van der Waals surface area contributed by atoms with Crippen LogP contribution in [-0.4, -0.2) is 22.8 Å². The van der Waals surface area contributed by atoms with Crippen molar-refractivity contribution in [3.8, 4) is 11.8 Å². The molecule has 0 bridgehead atoms. The van der Waals surface area contributed by atoms with Gasteiger partial charge in [0.2, 0.25) is 0 Å². The summed E-state index contributed by atoms with van der Waals surface area (Å²) < 4.78 is 5.55. The van der Waals surface area contributed by atoms with Gasteiger partial charge < -0.3 is 10.5 Å². The maximum absolute atomic E-state index is 5.55. The fourth-order valence-corrected chi connectivity index (χ4v) is 1.85. The number of nitrogens with two attached hydrogens (primary N) is 1. The molecule has 0 aliphatic carbocycles. The van der Waals surface area contributed by atoms with Crippen LogP contribution in [0, 0.1) is 0 Å². The highest BCUT2D eigenvalue weighted by molar-refractivity contribution is 7.98. The van der Waals surface area contributed by atoms with Crippen molar-refractivity contribution in [2.24, 2.45) is 5.73 Å². The summed E-state index contributed by atoms with van der Waals surface area (Å²) >= 11 is 1.69. The van der Waals surface area contributed by atoms with Gasteiger partial charge in [0.05, 0.1) is 0 Å². The molecule has 5 heteroatoms. The van der Waals surface area contributed by atoms with Crippen LogP contribution < -0.4 is 10.5 Å². The molecule has 1 heterocycles. The summed E-state index contributed by atoms with van der Waals surface area (Å²) in [6, 6.07) is 8.17. The van der Waals surface area contributed by atoms with Crippen LogP contribution in [0.1, 0.15) is 5.56 Å². The molecule has 94 valence electrons. The van der Waals surface area contributed by atoms with Crippen molar-refractivity contribution in [3.63, 3.8) is 0 Å². The van der Waals surface area contributed by atoms with Gasteiger partial charge in [-0.15, -0.1) is 11.8 Å². The smallest absolute Gasteiger partial charge is 0.321 e. The fraction of sp³-hybridized carbons (Fsp3) is 0.231. The van der Waals surface area contributed by atoms with Crippen LogP contribution in [0.25, 0.3) is 0 Å². The molecule has 0 fully saturated rings. The normalized spacial score (nSPS) is 10.3. The molecular formula is C13H15N3OS. The van der Waals surface area contributed by atoms with E-state index in [1.165, 1.54) is 4.90 Å². The average molecular weight is 261 g/mol. The largest absolute Gasteiger partial charge is 0.424 e. The van der Waals surface area contributed by atoms with Gasteiger partial charge in [0.1, 0.15) is 5.75 Å². The third kappa shape index (κ3) is 3.45. The number of benzene rings is 1. The Hall–Kier alpha value is -1.59. The average Bonchev–Trinajstić information content (AvgIpc) is 2.42. The van der Waals surface area contributed by atoms with E-state index in [1.807, 2.05) is 30.5 Å². The van der Waals surface area contributed by atoms with Crippen LogP contribution in [0.3, 0.4) is 0 Å². The maximum Gasteiger partial charge on any atom is 0.321 e. The Kier molecular flexibility index (Phi) is 4.55. The fourth-order valence-electron chi connectivity index (χ4n) is 1.44. The quantitative estimate of drug-likeness (QED) is 0.838. The second-order valence-electron chi connectivity index (χ2n) is 3.69. The predicted molar refractivity (Wildman–Crippen MR) is 73.1 cm³/mol. The molecule has 1 aromatic carbocycles. The Morgan fingerprint density at radius 3 is 2.39 bits per heavy atom. The third-order valence-electron chi connectivity index (χ3n) is 2.38. The van der Waals surface area contributed by atoms with Gasteiger partial charge in [-0.3, -0.25) is 0 Å². The zero-order chi connectivity index (χ0) is 12.8. The Bertz CT molecular complexity index is 485. The van der Waals surface area contributed by atoms with E-state index >= 15 is 0 Å². The van der Waals surface area contributed by atoms with E-state index in [-0.39, 0.29) is 0 Å². The number of thioether (sulfide) groups is 1. The summed E-state index contributed by atoms with van der Waals surface area (Å²) in [5.74, 6) is 0.736. The summed E-state index contributed by atoms with van der Waals surface area (Å²) in [6.07, 6.45) is 6.30. The van der Waals surface area contributed by atoms with Crippen molar-refractivity contribution in [2.75, 3.05) is 12.8 Å². The van der Waals surface area contributed by atoms with Gasteiger partial charge in [0.15, 0.2) is 0 Å². The highest BCUT2D eigenvalue weighted by Crippen LogP contribution is 2.21. The lowest BCUT2D eigenvalue weighted by Gasteiger charge is -2.04. The van der Waals surface area contributed by atoms with Crippen LogP contribution in [0.15, 0.2) is 41.6 Å². The molecule has 0 amide bonds. The van der Waals surface area contributed by atoms with Crippen molar-refractivity contribution in [3.05, 3.63) is 42.2 Å². The van der Waals surface area contributed by atoms with Gasteiger partial charge in [-0.25, -0.2) is 9.97 Å². The first kappa shape index (κ1) is 12.9. The number of aromatic nitrogens is 2. The van der Waals surface area contributed by atoms with Crippen molar-refractivity contribution in [1.29, 1.82) is 0 Å². The van der Waals surface area contributed by atoms with E-state index in [1.54, 1.807) is 24.2 Å². The molecule has 0 saturated heterocycles. The molecule has 0 spiro atoms. The summed E-state index contributed by atoms with van der Waals surface area (Å²) in [6.45, 7) is 0.597. The topological polar surface area (TPSA) is 61.0 Å². The standard InChI is InChI=1S/C13H15N3OS/c1-18-12-4-2-11(3-5-12)17-13-15-8-10(6-7-14)9-16-13/h2-5,8-9H,6-7,14H2,1H3. The first-order valence-electron chi connectivity index (χ1n) is 5.64. The Balaban J connectivity index is 2.03. The molecular weight excluding hydrogens is 246 g/mol. The molecule has 0 aliphatic heterocycles. The highest BCUT2D eigenvalue weighted by Gasteiger charge is 2.01. The van der Waals surface area contributed by atoms with Gasteiger partial charge >= 0.3 is 6.01 Å². The monoisotopic (exact) mass is 261 g/mol. The van der Waals surface area contributed by atoms with E-state index in [9.17, 15) is 0 Å². The number of rotatable bonds is 5. The lowest BCUT2D eigenvalue weighted by Crippen LogP contribution is -2.03. The van der Waals surface area contributed by atoms with E-state index < -0.39 is 0 Å². The zero-order valence-corrected chi connectivity index (χ0v) is 11.0. The van der Waals surface area contributed by atoms with Crippen molar-refractivity contribution >= 4 is 11.8 Å². The highest BCUT2D eigenvalue weighted by atomic mass is 32.2. The number of hydrogen-bond donors (Lipinski definition) is 1. The zero-order valence-electron chi connectivity index (χ0n) is 10.2. The molecule has 0 saturated carbocycles. The lowest BCUT2D eigenvalue weighted by atomic mass is 10.2. The van der Waals surface area contributed by atoms with Crippen LogP contribution in [0.5, 0.6) is 11.8 Å². The summed E-state index contributed by atoms with van der Waals surface area (Å²) in [7, 11) is 0. The molecule has 0 radical (unpaired) electrons. The van der Waals surface area contributed by atoms with Crippen LogP contribution in [0.2, 0.25) is 0 Å². The molecule has 1 aromatic heterocycles. The Morgan fingerprint density at radius 1 is 1.17 bits per heavy atom. The minimum absolute atomic E-state index is 0.354. The first-order valence-corrected chi connectivity index (χ1v) is 6.87. The molecule has 0 aliphatic rings. The van der Waals surface area contributed by atoms with Gasteiger partial charge in [-0.1, -0.05) is 0 Å². The van der Waals surface area contributed by atoms with Crippen LogP contribution >= 0.6 is 11.8 Å². The van der Waals surface area contributed by atoms with Crippen molar-refractivity contribution < 1.29 is 4.74 Å². The minimum Gasteiger partial charge on any atom is -0.424 e. The van der Waals surface area contributed by atoms with E-state index in [0.717, 1.165) is 17.7 Å². The molecule has 18 heavy (non-hydrogen) atoms. The first-order chi connectivity index (χ1) is 8.81. The lowest BCUT2D eigenvalue weighted by molar-refractivity contribution is 0.440. The molecule has 0 unspecified atom stereocenters. The number of hydrogen-bond acceptors (Lipinski definition) is 5. The van der Waals surface area contributed by atoms with E-state index in [4.69, 9.17) is 10.5 Å². The number of ether oxygens (including phenoxy) is 1. The molecule has 2 rings (SSSR count). The molecule has 0 atom stereocenters. The molecule has 2 aromatic rings. The van der Waals surface area contributed by atoms with Gasteiger partial charge in [0, 0.05) is 17.3 Å². The molecule has 4 nitrogen and oxygen atoms in total. The minimum atomic E-state index is 0.354. The second-order valence-corrected chi connectivity index (χ2v) is 4.57. The Labute approximate surface area is 111 Å². The van der Waals surface area contributed by atoms with Gasteiger partial charge in [-0.2, -0.15) is 0 Å². The molecule has 2 N–H and O–H groups in total. The summed E-state index contributed by atoms with van der Waals surface area (Å²) in [5.41, 5.74) is 6.48. The predicted octanol–water partition coefficient (Wildman–Crippen LogP) is 2.49. The summed E-state index contributed by atoms with van der Waals surface area (Å²) in [4.78, 5) is 9.48. The van der Waals surface area contributed by atoms with Crippen molar-refractivity contribution in [1.82, 2.24) is 9.97 Å². The Morgan fingerprint density at radius 2 is 1.83 bits per heavy atom. The summed E-state index contributed by atoms with van der Waals surface area (Å²) in [5, 5.41) is 0. The maximum atomic E-state index is 5.55. The van der Waals surface area contributed by atoms with E-state index in [2.05, 4.69) is 9.97 Å². The second kappa shape index (κ2) is 6.37. The van der Waals surface area contributed by atoms with E-state index in [0.29, 0.717) is 12.6 Å². The van der Waals surface area contributed by atoms with Crippen LogP contribution in [0.4, 0.5) is 0 Å². The van der Waals surface area contributed by atoms with Crippen LogP contribution in [-0.2, 0) is 6.42 Å². The SMILES string of the molecule is CSc1ccc(Oc2ncc(CCN)cn2)cc1. The van der Waals surface area contributed by atoms with Gasteiger partial charge in [0.25, 0.3) is 0 Å². The van der Waals surface area contributed by atoms with Gasteiger partial charge in [-0.05, 0) is 49.1 Å². The third-order valence-corrected chi connectivity index (χ3v) is 3.13. The number of nitrogens with zero attached hydrogens (tertiary/aromatic N) is 2.